The van der Waals surface area contributed by atoms with Gasteiger partial charge in [-0.2, -0.15) is 0 Å². The maximum Gasteiger partial charge on any atom is 0.0715 e. The van der Waals surface area contributed by atoms with E-state index in [-0.39, 0.29) is 0 Å². The van der Waals surface area contributed by atoms with Crippen molar-refractivity contribution in [1.82, 2.24) is 0 Å². The number of rotatable bonds is 1. The molecule has 1 heterocycles. The summed E-state index contributed by atoms with van der Waals surface area (Å²) in [5, 5.41) is 0. The standard InChI is InChI=1S/C11H17N/c1-8(2)10-7-12-11-6-4-3-5-9(10)11/h7-8,11H,3-6H2,1-2H3. The monoisotopic (exact) mass is 163 g/mol. The molecule has 0 N–H and O–H groups in total. The molecule has 1 aliphatic carbocycles. The zero-order valence-electron chi connectivity index (χ0n) is 8.01. The van der Waals surface area contributed by atoms with E-state index in [9.17, 15) is 0 Å². The Morgan fingerprint density at radius 2 is 2.25 bits per heavy atom. The smallest absolute Gasteiger partial charge is 0.0715 e. The van der Waals surface area contributed by atoms with E-state index < -0.39 is 0 Å². The Balaban J connectivity index is 2.25. The van der Waals surface area contributed by atoms with E-state index in [1.807, 2.05) is 0 Å². The van der Waals surface area contributed by atoms with Gasteiger partial charge >= 0.3 is 0 Å². The lowest BCUT2D eigenvalue weighted by Gasteiger charge is -2.20. The van der Waals surface area contributed by atoms with E-state index in [1.54, 1.807) is 5.57 Å². The second kappa shape index (κ2) is 3.04. The summed E-state index contributed by atoms with van der Waals surface area (Å²) in [6, 6.07) is 0.580. The van der Waals surface area contributed by atoms with Crippen LogP contribution in [0, 0.1) is 5.92 Å². The number of hydrogen-bond acceptors (Lipinski definition) is 1. The van der Waals surface area contributed by atoms with Gasteiger partial charge in [-0.1, -0.05) is 20.3 Å². The lowest BCUT2D eigenvalue weighted by atomic mass is 9.86. The van der Waals surface area contributed by atoms with E-state index >= 15 is 0 Å². The number of nitrogens with zero attached hydrogens (tertiary/aromatic N) is 1. The van der Waals surface area contributed by atoms with Crippen LogP contribution < -0.4 is 0 Å². The van der Waals surface area contributed by atoms with Crippen LogP contribution in [0.2, 0.25) is 0 Å². The molecule has 12 heavy (non-hydrogen) atoms. The molecule has 1 saturated carbocycles. The van der Waals surface area contributed by atoms with Gasteiger partial charge in [0.25, 0.3) is 0 Å². The van der Waals surface area contributed by atoms with Gasteiger partial charge in [0.05, 0.1) is 6.04 Å². The van der Waals surface area contributed by atoms with Crippen molar-refractivity contribution in [3.63, 3.8) is 0 Å². The molecule has 2 aliphatic rings. The molecule has 1 heteroatoms. The van der Waals surface area contributed by atoms with Crippen LogP contribution in [0.15, 0.2) is 16.1 Å². The Morgan fingerprint density at radius 3 is 3.00 bits per heavy atom. The molecule has 1 fully saturated rings. The third-order valence-corrected chi connectivity index (χ3v) is 2.96. The van der Waals surface area contributed by atoms with E-state index in [0.29, 0.717) is 12.0 Å². The first kappa shape index (κ1) is 8.03. The Morgan fingerprint density at radius 1 is 1.42 bits per heavy atom. The highest BCUT2D eigenvalue weighted by atomic mass is 14.8. The molecule has 0 spiro atoms. The van der Waals surface area contributed by atoms with Crippen molar-refractivity contribution < 1.29 is 0 Å². The Bertz CT molecular complexity index is 235. The Hall–Kier alpha value is -0.590. The molecule has 0 amide bonds. The van der Waals surface area contributed by atoms with Crippen LogP contribution in [-0.4, -0.2) is 12.3 Å². The summed E-state index contributed by atoms with van der Waals surface area (Å²) < 4.78 is 0. The maximum atomic E-state index is 4.56. The average molecular weight is 163 g/mol. The third-order valence-electron chi connectivity index (χ3n) is 2.96. The minimum atomic E-state index is 0.580. The van der Waals surface area contributed by atoms with Crippen molar-refractivity contribution in [2.24, 2.45) is 10.9 Å². The highest BCUT2D eigenvalue weighted by Gasteiger charge is 2.25. The van der Waals surface area contributed by atoms with E-state index in [0.717, 1.165) is 0 Å². The molecule has 0 radical (unpaired) electrons. The summed E-state index contributed by atoms with van der Waals surface area (Å²) in [6.45, 7) is 4.54. The molecule has 1 unspecified atom stereocenters. The first-order chi connectivity index (χ1) is 5.79. The number of hydrogen-bond donors (Lipinski definition) is 0. The summed E-state index contributed by atoms with van der Waals surface area (Å²) in [6.07, 6.45) is 7.47. The van der Waals surface area contributed by atoms with Crippen LogP contribution in [0.1, 0.15) is 39.5 Å². The van der Waals surface area contributed by atoms with Crippen molar-refractivity contribution in [2.75, 3.05) is 0 Å². The molecule has 1 aliphatic heterocycles. The number of allylic oxidation sites excluding steroid dienone is 1. The number of fused-ring (bicyclic) bond motifs is 1. The van der Waals surface area contributed by atoms with Gasteiger partial charge in [-0.3, -0.25) is 4.99 Å². The molecule has 2 rings (SSSR count). The van der Waals surface area contributed by atoms with Crippen LogP contribution in [0.3, 0.4) is 0 Å². The molecule has 0 aromatic carbocycles. The molecular formula is C11H17N. The van der Waals surface area contributed by atoms with Gasteiger partial charge in [0, 0.05) is 6.21 Å². The summed E-state index contributed by atoms with van der Waals surface area (Å²) in [4.78, 5) is 4.56. The van der Waals surface area contributed by atoms with Gasteiger partial charge < -0.3 is 0 Å². The third kappa shape index (κ3) is 1.21. The van der Waals surface area contributed by atoms with Crippen LogP contribution in [0.5, 0.6) is 0 Å². The number of aliphatic imine (C=N–C) groups is 1. The zero-order chi connectivity index (χ0) is 8.55. The van der Waals surface area contributed by atoms with Gasteiger partial charge in [-0.25, -0.2) is 0 Å². The predicted molar refractivity (Wildman–Crippen MR) is 52.6 cm³/mol. The Kier molecular flexibility index (Phi) is 2.03. The van der Waals surface area contributed by atoms with Crippen molar-refractivity contribution >= 4 is 6.21 Å². The molecule has 1 atom stereocenters. The van der Waals surface area contributed by atoms with Gasteiger partial charge in [-0.15, -0.1) is 0 Å². The van der Waals surface area contributed by atoms with E-state index in [1.165, 1.54) is 31.3 Å². The largest absolute Gasteiger partial charge is 0.285 e. The lowest BCUT2D eigenvalue weighted by molar-refractivity contribution is 0.539. The van der Waals surface area contributed by atoms with Crippen LogP contribution >= 0.6 is 0 Å². The van der Waals surface area contributed by atoms with Crippen LogP contribution in [-0.2, 0) is 0 Å². The lowest BCUT2D eigenvalue weighted by Crippen LogP contribution is -2.12. The predicted octanol–water partition coefficient (Wildman–Crippen LogP) is 2.97. The van der Waals surface area contributed by atoms with Gasteiger partial charge in [-0.05, 0) is 36.3 Å². The first-order valence-corrected chi connectivity index (χ1v) is 5.05. The highest BCUT2D eigenvalue weighted by Crippen LogP contribution is 2.34. The van der Waals surface area contributed by atoms with E-state index in [4.69, 9.17) is 0 Å². The van der Waals surface area contributed by atoms with Crippen molar-refractivity contribution in [3.8, 4) is 0 Å². The fourth-order valence-corrected chi connectivity index (χ4v) is 2.27. The van der Waals surface area contributed by atoms with Gasteiger partial charge in [0.15, 0.2) is 0 Å². The molecule has 0 aromatic rings. The molecule has 1 nitrogen and oxygen atoms in total. The van der Waals surface area contributed by atoms with Gasteiger partial charge in [0.2, 0.25) is 0 Å². The fraction of sp³-hybridized carbons (Fsp3) is 0.727. The topological polar surface area (TPSA) is 12.4 Å². The van der Waals surface area contributed by atoms with Crippen molar-refractivity contribution in [3.05, 3.63) is 11.1 Å². The first-order valence-electron chi connectivity index (χ1n) is 5.05. The normalized spacial score (nSPS) is 28.4. The fourth-order valence-electron chi connectivity index (χ4n) is 2.27. The SMILES string of the molecule is CC(C)C1=C2CCCCC2N=C1. The maximum absolute atomic E-state index is 4.56. The average Bonchev–Trinajstić information content (AvgIpc) is 2.47. The minimum absolute atomic E-state index is 0.580. The molecule has 0 saturated heterocycles. The van der Waals surface area contributed by atoms with Crippen LogP contribution in [0.4, 0.5) is 0 Å². The highest BCUT2D eigenvalue weighted by molar-refractivity contribution is 5.83. The van der Waals surface area contributed by atoms with E-state index in [2.05, 4.69) is 25.1 Å². The molecular weight excluding hydrogens is 146 g/mol. The summed E-state index contributed by atoms with van der Waals surface area (Å²) >= 11 is 0. The van der Waals surface area contributed by atoms with Crippen molar-refractivity contribution in [1.29, 1.82) is 0 Å². The summed E-state index contributed by atoms with van der Waals surface area (Å²) in [5.41, 5.74) is 3.18. The summed E-state index contributed by atoms with van der Waals surface area (Å²) in [7, 11) is 0. The van der Waals surface area contributed by atoms with Crippen molar-refractivity contribution in [2.45, 2.75) is 45.6 Å². The Labute approximate surface area is 74.6 Å². The van der Waals surface area contributed by atoms with Crippen LogP contribution in [0.25, 0.3) is 0 Å². The minimum Gasteiger partial charge on any atom is -0.285 e. The zero-order valence-corrected chi connectivity index (χ0v) is 8.01. The summed E-state index contributed by atoms with van der Waals surface area (Å²) in [5.74, 6) is 0.673. The molecule has 0 bridgehead atoms. The second-order valence-electron chi connectivity index (χ2n) is 4.18. The second-order valence-corrected chi connectivity index (χ2v) is 4.18. The quantitative estimate of drug-likeness (QED) is 0.563. The molecule has 0 aromatic heterocycles. The van der Waals surface area contributed by atoms with Gasteiger partial charge in [0.1, 0.15) is 0 Å². The molecule has 66 valence electrons.